The summed E-state index contributed by atoms with van der Waals surface area (Å²) in [6, 6.07) is 1.58. The largest absolute Gasteiger partial charge is 0.282 e. The predicted octanol–water partition coefficient (Wildman–Crippen LogP) is -0.335. The minimum Gasteiger partial charge on any atom is -0.267 e. The highest BCUT2D eigenvalue weighted by atomic mass is 16.1. The molecule has 0 aliphatic carbocycles. The van der Waals surface area contributed by atoms with Gasteiger partial charge in [0.1, 0.15) is 6.33 Å². The number of nitrogens with one attached hydrogen (secondary N) is 1. The minimum atomic E-state index is -0.284. The summed E-state index contributed by atoms with van der Waals surface area (Å²) in [5.74, 6) is 0.465. The molecule has 11 heavy (non-hydrogen) atoms. The van der Waals surface area contributed by atoms with Crippen LogP contribution in [0.25, 0.3) is 11.4 Å². The molecule has 54 valence electrons. The molecule has 5 nitrogen and oxygen atoms in total. The van der Waals surface area contributed by atoms with Crippen LogP contribution in [0.5, 0.6) is 0 Å². The Labute approximate surface area is 61.5 Å². The van der Waals surface area contributed by atoms with E-state index in [1.807, 2.05) is 0 Å². The lowest BCUT2D eigenvalue weighted by atomic mass is 10.3. The van der Waals surface area contributed by atoms with E-state index in [1.54, 1.807) is 6.07 Å². The van der Waals surface area contributed by atoms with Gasteiger partial charge in [-0.15, -0.1) is 0 Å². The number of hydrogen-bond acceptors (Lipinski definition) is 4. The normalized spacial score (nSPS) is 10.2. The van der Waals surface area contributed by atoms with Crippen molar-refractivity contribution in [3.8, 4) is 11.4 Å². The molecule has 0 unspecified atom stereocenters. The summed E-state index contributed by atoms with van der Waals surface area (Å²) < 4.78 is 0. The molecule has 0 bridgehead atoms. The van der Waals surface area contributed by atoms with Crippen molar-refractivity contribution in [2.45, 2.75) is 0 Å². The van der Waals surface area contributed by atoms with Crippen LogP contribution in [0.15, 0.2) is 23.4 Å². The second kappa shape index (κ2) is 2.12. The molecule has 2 aliphatic heterocycles. The van der Waals surface area contributed by atoms with E-state index in [2.05, 4.69) is 20.2 Å². The van der Waals surface area contributed by atoms with Crippen LogP contribution in [0, 0.1) is 0 Å². The second-order valence-corrected chi connectivity index (χ2v) is 2.00. The van der Waals surface area contributed by atoms with Crippen LogP contribution in [0.2, 0.25) is 0 Å². The highest BCUT2D eigenvalue weighted by Crippen LogP contribution is 2.05. The maximum absolute atomic E-state index is 11.0. The Morgan fingerprint density at radius 1 is 1.36 bits per heavy atom. The SMILES string of the molecule is O=c1ncnc2[nH]nccc1-2. The summed E-state index contributed by atoms with van der Waals surface area (Å²) in [4.78, 5) is 18.3. The van der Waals surface area contributed by atoms with Gasteiger partial charge < -0.3 is 0 Å². The van der Waals surface area contributed by atoms with Crippen molar-refractivity contribution in [1.29, 1.82) is 0 Å². The topological polar surface area (TPSA) is 71.5 Å². The summed E-state index contributed by atoms with van der Waals surface area (Å²) >= 11 is 0. The number of rotatable bonds is 0. The zero-order valence-corrected chi connectivity index (χ0v) is 5.48. The molecule has 1 N–H and O–H groups in total. The molecular weight excluding hydrogens is 144 g/mol. The summed E-state index contributed by atoms with van der Waals surface area (Å²) in [5, 5.41) is 6.29. The van der Waals surface area contributed by atoms with Crippen molar-refractivity contribution in [1.82, 2.24) is 20.2 Å². The monoisotopic (exact) mass is 148 g/mol. The Bertz CT molecular complexity index is 396. The zero-order valence-electron chi connectivity index (χ0n) is 5.48. The van der Waals surface area contributed by atoms with Gasteiger partial charge in [0.2, 0.25) is 0 Å². The first-order valence-electron chi connectivity index (χ1n) is 3.02. The molecule has 2 heterocycles. The van der Waals surface area contributed by atoms with Crippen molar-refractivity contribution in [3.05, 3.63) is 28.9 Å². The van der Waals surface area contributed by atoms with Crippen molar-refractivity contribution in [2.24, 2.45) is 0 Å². The molecule has 0 aromatic rings. The fourth-order valence-corrected chi connectivity index (χ4v) is 0.829. The standard InChI is InChI=1S/C6H4N4O/c11-6-4-1-2-9-10-5(4)7-3-8-6/h1-3H,(H,7,8,10,11). The van der Waals surface area contributed by atoms with Crippen LogP contribution in [0.3, 0.4) is 0 Å². The fraction of sp³-hybridized carbons (Fsp3) is 0. The van der Waals surface area contributed by atoms with Gasteiger partial charge in [0.25, 0.3) is 5.56 Å². The number of aromatic amines is 1. The van der Waals surface area contributed by atoms with E-state index in [1.165, 1.54) is 12.5 Å². The highest BCUT2D eigenvalue weighted by Gasteiger charge is 2.05. The summed E-state index contributed by atoms with van der Waals surface area (Å²) in [5.41, 5.74) is 0.177. The first-order chi connectivity index (χ1) is 5.38. The lowest BCUT2D eigenvalue weighted by Gasteiger charge is -1.97. The van der Waals surface area contributed by atoms with E-state index in [0.717, 1.165) is 0 Å². The lowest BCUT2D eigenvalue weighted by Crippen LogP contribution is -2.11. The van der Waals surface area contributed by atoms with Gasteiger partial charge in [0, 0.05) is 6.20 Å². The third-order valence-corrected chi connectivity index (χ3v) is 1.33. The zero-order chi connectivity index (χ0) is 7.68. The maximum atomic E-state index is 11.0. The van der Waals surface area contributed by atoms with Crippen molar-refractivity contribution in [3.63, 3.8) is 0 Å². The van der Waals surface area contributed by atoms with Crippen LogP contribution >= 0.6 is 0 Å². The quantitative estimate of drug-likeness (QED) is 0.555. The van der Waals surface area contributed by atoms with E-state index in [0.29, 0.717) is 11.4 Å². The van der Waals surface area contributed by atoms with E-state index >= 15 is 0 Å². The molecule has 0 fully saturated rings. The van der Waals surface area contributed by atoms with Crippen LogP contribution < -0.4 is 5.56 Å². The molecule has 0 amide bonds. The van der Waals surface area contributed by atoms with Crippen molar-refractivity contribution >= 4 is 0 Å². The molecule has 0 atom stereocenters. The molecule has 0 aromatic carbocycles. The average Bonchev–Trinajstić information content (AvgIpc) is 2.06. The Morgan fingerprint density at radius 3 is 3.09 bits per heavy atom. The van der Waals surface area contributed by atoms with E-state index in [-0.39, 0.29) is 5.56 Å². The summed E-state index contributed by atoms with van der Waals surface area (Å²) in [6.45, 7) is 0. The molecule has 0 saturated carbocycles. The average molecular weight is 148 g/mol. The molecule has 0 aromatic heterocycles. The summed E-state index contributed by atoms with van der Waals surface area (Å²) in [7, 11) is 0. The Kier molecular flexibility index (Phi) is 1.15. The minimum absolute atomic E-state index is 0.284. The Morgan fingerprint density at radius 2 is 2.27 bits per heavy atom. The van der Waals surface area contributed by atoms with Gasteiger partial charge in [-0.3, -0.25) is 9.89 Å². The van der Waals surface area contributed by atoms with Gasteiger partial charge in [0.05, 0.1) is 5.56 Å². The van der Waals surface area contributed by atoms with E-state index in [4.69, 9.17) is 0 Å². The number of nitrogens with zero attached hydrogens (tertiary/aromatic N) is 3. The van der Waals surface area contributed by atoms with Gasteiger partial charge in [-0.1, -0.05) is 0 Å². The van der Waals surface area contributed by atoms with Crippen LogP contribution in [-0.2, 0) is 0 Å². The third kappa shape index (κ3) is 0.861. The van der Waals surface area contributed by atoms with Gasteiger partial charge in [-0.2, -0.15) is 10.1 Å². The van der Waals surface area contributed by atoms with Crippen LogP contribution in [-0.4, -0.2) is 20.2 Å². The number of H-pyrrole nitrogens is 1. The van der Waals surface area contributed by atoms with Gasteiger partial charge in [0.15, 0.2) is 5.82 Å². The molecule has 0 spiro atoms. The predicted molar refractivity (Wildman–Crippen MR) is 37.1 cm³/mol. The molecule has 2 rings (SSSR count). The molecule has 5 heteroatoms. The molecule has 0 radical (unpaired) electrons. The van der Waals surface area contributed by atoms with Crippen molar-refractivity contribution in [2.75, 3.05) is 0 Å². The molecule has 2 aliphatic rings. The summed E-state index contributed by atoms with van der Waals surface area (Å²) in [6.07, 6.45) is 2.70. The number of fused-ring (bicyclic) bond motifs is 1. The van der Waals surface area contributed by atoms with Crippen LogP contribution in [0.1, 0.15) is 0 Å². The fourth-order valence-electron chi connectivity index (χ4n) is 0.829. The lowest BCUT2D eigenvalue weighted by molar-refractivity contribution is 0.965. The number of aromatic nitrogens is 4. The first-order valence-corrected chi connectivity index (χ1v) is 3.02. The Hall–Kier alpha value is -1.78. The smallest absolute Gasteiger partial charge is 0.267 e. The van der Waals surface area contributed by atoms with Crippen molar-refractivity contribution < 1.29 is 0 Å². The first kappa shape index (κ1) is 5.96. The second-order valence-electron chi connectivity index (χ2n) is 2.00. The molecular formula is C6H4N4O. The third-order valence-electron chi connectivity index (χ3n) is 1.33. The van der Waals surface area contributed by atoms with Gasteiger partial charge >= 0.3 is 0 Å². The van der Waals surface area contributed by atoms with Gasteiger partial charge in [-0.05, 0) is 6.07 Å². The van der Waals surface area contributed by atoms with E-state index < -0.39 is 0 Å². The van der Waals surface area contributed by atoms with E-state index in [9.17, 15) is 4.79 Å². The number of hydrogen-bond donors (Lipinski definition) is 1. The Balaban J connectivity index is 2.90. The maximum Gasteiger partial charge on any atom is 0.282 e. The van der Waals surface area contributed by atoms with Crippen LogP contribution in [0.4, 0.5) is 0 Å². The highest BCUT2D eigenvalue weighted by molar-refractivity contribution is 5.51. The van der Waals surface area contributed by atoms with Gasteiger partial charge in [-0.25, -0.2) is 4.98 Å². The molecule has 0 saturated heterocycles.